The smallest absolute Gasteiger partial charge is 0.489 e. The molecule has 0 radical (unpaired) electrons. The molecule has 36 heavy (non-hydrogen) atoms. The Labute approximate surface area is 209 Å². The molecule has 0 spiro atoms. The van der Waals surface area contributed by atoms with Gasteiger partial charge in [-0.15, -0.1) is 13.2 Å². The fraction of sp³-hybridized carbons (Fsp3) is 0.292. The predicted molar refractivity (Wildman–Crippen MR) is 124 cm³/mol. The third kappa shape index (κ3) is 6.76. The number of carboxylic acid groups (broad SMARTS) is 1. The number of hydrogen-bond acceptors (Lipinski definition) is 7. The summed E-state index contributed by atoms with van der Waals surface area (Å²) in [5.41, 5.74) is 1.45. The molecule has 190 valence electrons. The number of nitrogens with zero attached hydrogens (tertiary/aromatic N) is 2. The Morgan fingerprint density at radius 3 is 2.53 bits per heavy atom. The van der Waals surface area contributed by atoms with Gasteiger partial charge in [0, 0.05) is 37.3 Å². The van der Waals surface area contributed by atoms with E-state index in [9.17, 15) is 23.1 Å². The Hall–Kier alpha value is -3.57. The molecule has 1 saturated heterocycles. The van der Waals surface area contributed by atoms with Gasteiger partial charge in [0.05, 0.1) is 23.8 Å². The normalized spacial score (nSPS) is 14.3. The van der Waals surface area contributed by atoms with Gasteiger partial charge in [0.2, 0.25) is 5.95 Å². The van der Waals surface area contributed by atoms with E-state index in [1.54, 1.807) is 12.1 Å². The fourth-order valence-corrected chi connectivity index (χ4v) is 3.82. The number of hydrogen-bond donors (Lipinski definition) is 2. The molecule has 0 unspecified atom stereocenters. The molecule has 0 bridgehead atoms. The minimum atomic E-state index is -4.77. The van der Waals surface area contributed by atoms with E-state index < -0.39 is 12.3 Å². The van der Waals surface area contributed by atoms with Crippen molar-refractivity contribution in [3.63, 3.8) is 0 Å². The van der Waals surface area contributed by atoms with Gasteiger partial charge >= 0.3 is 12.3 Å². The van der Waals surface area contributed by atoms with Gasteiger partial charge in [-0.1, -0.05) is 23.7 Å². The molecule has 0 aliphatic carbocycles. The molecule has 3 aromatic rings. The molecule has 2 heterocycles. The van der Waals surface area contributed by atoms with Crippen LogP contribution in [0.3, 0.4) is 0 Å². The Bertz CT molecular complexity index is 1220. The summed E-state index contributed by atoms with van der Waals surface area (Å²) in [7, 11) is 0. The van der Waals surface area contributed by atoms with Gasteiger partial charge in [0.25, 0.3) is 0 Å². The lowest BCUT2D eigenvalue weighted by Crippen LogP contribution is -2.26. The molecule has 8 nitrogen and oxygen atoms in total. The summed E-state index contributed by atoms with van der Waals surface area (Å²) in [4.78, 5) is 20.2. The molecule has 0 amide bonds. The van der Waals surface area contributed by atoms with Crippen LogP contribution in [0.4, 0.5) is 19.1 Å². The molecule has 0 saturated carbocycles. The third-order valence-corrected chi connectivity index (χ3v) is 5.69. The van der Waals surface area contributed by atoms with Crippen molar-refractivity contribution in [2.24, 2.45) is 0 Å². The molecule has 1 aliphatic rings. The van der Waals surface area contributed by atoms with Crippen molar-refractivity contribution >= 4 is 23.5 Å². The number of ether oxygens (including phenoxy) is 3. The highest BCUT2D eigenvalue weighted by molar-refractivity contribution is 6.35. The molecular formula is C24H21ClF3N3O5. The number of aromatic nitrogens is 2. The van der Waals surface area contributed by atoms with Gasteiger partial charge in [-0.2, -0.15) is 0 Å². The maximum Gasteiger partial charge on any atom is 0.573 e. The number of alkyl halides is 3. The molecule has 1 aromatic heterocycles. The van der Waals surface area contributed by atoms with Crippen LogP contribution in [0.1, 0.15) is 28.8 Å². The lowest BCUT2D eigenvalue weighted by molar-refractivity contribution is -0.274. The second-order valence-corrected chi connectivity index (χ2v) is 8.29. The maximum absolute atomic E-state index is 12.4. The van der Waals surface area contributed by atoms with Crippen LogP contribution in [0.15, 0.2) is 48.8 Å². The van der Waals surface area contributed by atoms with Crippen molar-refractivity contribution in [3.05, 3.63) is 64.9 Å². The van der Waals surface area contributed by atoms with Gasteiger partial charge in [0.1, 0.15) is 17.6 Å². The van der Waals surface area contributed by atoms with Crippen molar-refractivity contribution in [1.29, 1.82) is 0 Å². The predicted octanol–water partition coefficient (Wildman–Crippen LogP) is 5.56. The van der Waals surface area contributed by atoms with Crippen LogP contribution in [0.5, 0.6) is 11.5 Å². The molecular weight excluding hydrogens is 503 g/mol. The zero-order chi connectivity index (χ0) is 25.7. The number of benzene rings is 2. The second kappa shape index (κ2) is 11.0. The Morgan fingerprint density at radius 2 is 1.86 bits per heavy atom. The number of nitrogens with one attached hydrogen (secondary N) is 1. The summed E-state index contributed by atoms with van der Waals surface area (Å²) < 4.78 is 52.5. The summed E-state index contributed by atoms with van der Waals surface area (Å²) >= 11 is 6.30. The first-order valence-corrected chi connectivity index (χ1v) is 11.3. The number of rotatable bonds is 8. The van der Waals surface area contributed by atoms with Crippen LogP contribution in [-0.4, -0.2) is 46.7 Å². The van der Waals surface area contributed by atoms with Crippen LogP contribution < -0.4 is 14.8 Å². The number of anilines is 1. The van der Waals surface area contributed by atoms with E-state index in [2.05, 4.69) is 20.0 Å². The quantitative estimate of drug-likeness (QED) is 0.395. The number of carbonyl (C=O) groups is 1. The maximum atomic E-state index is 12.4. The molecule has 2 aromatic carbocycles. The summed E-state index contributed by atoms with van der Waals surface area (Å²) in [6.07, 6.45) is -0.605. The fourth-order valence-electron chi connectivity index (χ4n) is 3.58. The van der Waals surface area contributed by atoms with Crippen LogP contribution in [0.25, 0.3) is 11.1 Å². The monoisotopic (exact) mass is 523 g/mol. The van der Waals surface area contributed by atoms with E-state index >= 15 is 0 Å². The topological polar surface area (TPSA) is 103 Å². The molecule has 12 heteroatoms. The Balaban J connectivity index is 1.49. The van der Waals surface area contributed by atoms with Crippen molar-refractivity contribution in [1.82, 2.24) is 9.97 Å². The first kappa shape index (κ1) is 25.5. The van der Waals surface area contributed by atoms with Gasteiger partial charge in [-0.3, -0.25) is 0 Å². The van der Waals surface area contributed by atoms with Crippen LogP contribution in [-0.2, 0) is 11.3 Å². The summed E-state index contributed by atoms with van der Waals surface area (Å²) in [5, 5.41) is 12.5. The molecule has 1 fully saturated rings. The highest BCUT2D eigenvalue weighted by Crippen LogP contribution is 2.35. The van der Waals surface area contributed by atoms with Crippen molar-refractivity contribution < 1.29 is 37.3 Å². The summed E-state index contributed by atoms with van der Waals surface area (Å²) in [5.74, 6) is -1.04. The van der Waals surface area contributed by atoms with E-state index in [0.29, 0.717) is 42.7 Å². The van der Waals surface area contributed by atoms with E-state index in [0.717, 1.165) is 0 Å². The first-order chi connectivity index (χ1) is 17.2. The zero-order valence-electron chi connectivity index (χ0n) is 18.7. The van der Waals surface area contributed by atoms with Gasteiger partial charge in [-0.05, 0) is 35.4 Å². The van der Waals surface area contributed by atoms with E-state index in [1.807, 2.05) is 0 Å². The lowest BCUT2D eigenvalue weighted by atomic mass is 10.0. The number of halogens is 4. The van der Waals surface area contributed by atoms with Crippen molar-refractivity contribution in [3.8, 4) is 22.6 Å². The minimum absolute atomic E-state index is 0.00804. The molecule has 4 rings (SSSR count). The van der Waals surface area contributed by atoms with E-state index in [4.69, 9.17) is 21.1 Å². The summed E-state index contributed by atoms with van der Waals surface area (Å²) in [6, 6.07) is 8.60. The van der Waals surface area contributed by atoms with Crippen molar-refractivity contribution in [2.45, 2.75) is 31.9 Å². The largest absolute Gasteiger partial charge is 0.573 e. The average molecular weight is 524 g/mol. The highest BCUT2D eigenvalue weighted by Gasteiger charge is 2.31. The van der Waals surface area contributed by atoms with Gasteiger partial charge in [0.15, 0.2) is 0 Å². The first-order valence-electron chi connectivity index (χ1n) is 10.9. The summed E-state index contributed by atoms with van der Waals surface area (Å²) in [6.45, 7) is 1.26. The van der Waals surface area contributed by atoms with E-state index in [1.165, 1.54) is 36.7 Å². The number of carboxylic acids is 1. The number of aromatic carboxylic acids is 1. The highest BCUT2D eigenvalue weighted by atomic mass is 35.5. The Morgan fingerprint density at radius 1 is 1.14 bits per heavy atom. The van der Waals surface area contributed by atoms with Gasteiger partial charge < -0.3 is 24.6 Å². The lowest BCUT2D eigenvalue weighted by Gasteiger charge is -2.24. The zero-order valence-corrected chi connectivity index (χ0v) is 19.5. The molecule has 0 atom stereocenters. The minimum Gasteiger partial charge on any atom is -0.489 e. The SMILES string of the molecule is O=C(O)c1cc(-c2cnc(NCc3cccc(OC(F)(F)F)c3)nc2)cc(OC2CCOCC2)c1Cl. The van der Waals surface area contributed by atoms with Gasteiger partial charge in [-0.25, -0.2) is 14.8 Å². The third-order valence-electron chi connectivity index (χ3n) is 5.30. The Kier molecular flexibility index (Phi) is 7.80. The molecule has 1 aliphatic heterocycles. The van der Waals surface area contributed by atoms with Crippen LogP contribution >= 0.6 is 11.6 Å². The van der Waals surface area contributed by atoms with E-state index in [-0.39, 0.29) is 40.7 Å². The average Bonchev–Trinajstić information content (AvgIpc) is 2.84. The second-order valence-electron chi connectivity index (χ2n) is 7.91. The van der Waals surface area contributed by atoms with Crippen LogP contribution in [0.2, 0.25) is 5.02 Å². The standard InChI is InChI=1S/C24H21ClF3N3O5/c25-21-19(22(32)33)9-15(10-20(21)35-17-4-6-34-7-5-17)16-12-30-23(31-13-16)29-11-14-2-1-3-18(8-14)36-24(26,27)28/h1-3,8-10,12-13,17H,4-7,11H2,(H,32,33)(H,29,30,31). The molecule has 2 N–H and O–H groups in total. The van der Waals surface area contributed by atoms with Crippen molar-refractivity contribution in [2.75, 3.05) is 18.5 Å². The van der Waals surface area contributed by atoms with Crippen LogP contribution in [0, 0.1) is 0 Å².